The Bertz CT molecular complexity index is 222. The second-order valence-corrected chi connectivity index (χ2v) is 5.39. The Kier molecular flexibility index (Phi) is 6.90. The summed E-state index contributed by atoms with van der Waals surface area (Å²) in [6, 6.07) is 0. The Morgan fingerprint density at radius 3 is 2.62 bits per heavy atom. The molecule has 0 aliphatic carbocycles. The summed E-state index contributed by atoms with van der Waals surface area (Å²) in [7, 11) is -2.77. The molecule has 0 rings (SSSR count). The highest BCUT2D eigenvalue weighted by atomic mass is 32.2. The first-order chi connectivity index (χ1) is 6.12. The highest BCUT2D eigenvalue weighted by Gasteiger charge is 2.05. The molecule has 0 saturated carbocycles. The molecular formula is C9H19NO2S. The van der Waals surface area contributed by atoms with Crippen molar-refractivity contribution < 1.29 is 8.42 Å². The Hall–Kier alpha value is -0.350. The van der Waals surface area contributed by atoms with E-state index in [0.717, 1.165) is 19.5 Å². The van der Waals surface area contributed by atoms with Crippen LogP contribution in [-0.4, -0.2) is 33.0 Å². The van der Waals surface area contributed by atoms with Gasteiger partial charge in [-0.15, -0.1) is 6.58 Å². The lowest BCUT2D eigenvalue weighted by Crippen LogP contribution is -2.19. The Balaban J connectivity index is 3.31. The van der Waals surface area contributed by atoms with Crippen LogP contribution in [0.25, 0.3) is 0 Å². The zero-order valence-corrected chi connectivity index (χ0v) is 9.07. The van der Waals surface area contributed by atoms with Crippen molar-refractivity contribution in [3.63, 3.8) is 0 Å². The van der Waals surface area contributed by atoms with Gasteiger partial charge in [0.05, 0.1) is 5.75 Å². The lowest BCUT2D eigenvalue weighted by molar-refractivity contribution is 0.590. The van der Waals surface area contributed by atoms with Crippen LogP contribution in [0.1, 0.15) is 19.8 Å². The normalized spacial score (nSPS) is 11.5. The van der Waals surface area contributed by atoms with Crippen molar-refractivity contribution in [2.24, 2.45) is 0 Å². The van der Waals surface area contributed by atoms with Crippen LogP contribution in [-0.2, 0) is 9.84 Å². The van der Waals surface area contributed by atoms with Crippen molar-refractivity contribution in [2.75, 3.05) is 24.6 Å². The Labute approximate surface area is 81.1 Å². The second kappa shape index (κ2) is 7.09. The van der Waals surface area contributed by atoms with Gasteiger partial charge in [0, 0.05) is 5.75 Å². The molecule has 3 nitrogen and oxygen atoms in total. The van der Waals surface area contributed by atoms with Crippen LogP contribution in [0.15, 0.2) is 12.7 Å². The van der Waals surface area contributed by atoms with E-state index >= 15 is 0 Å². The van der Waals surface area contributed by atoms with Gasteiger partial charge in [-0.3, -0.25) is 0 Å². The maximum Gasteiger partial charge on any atom is 0.150 e. The second-order valence-electron chi connectivity index (χ2n) is 2.92. The van der Waals surface area contributed by atoms with Gasteiger partial charge in [-0.2, -0.15) is 0 Å². The number of rotatable bonds is 8. The smallest absolute Gasteiger partial charge is 0.150 e. The van der Waals surface area contributed by atoms with Crippen molar-refractivity contribution in [3.05, 3.63) is 12.7 Å². The van der Waals surface area contributed by atoms with Crippen LogP contribution in [0, 0.1) is 0 Å². The monoisotopic (exact) mass is 205 g/mol. The molecule has 0 unspecified atom stereocenters. The number of sulfone groups is 1. The van der Waals surface area contributed by atoms with E-state index < -0.39 is 9.84 Å². The number of hydrogen-bond donors (Lipinski definition) is 1. The minimum absolute atomic E-state index is 0.250. The highest BCUT2D eigenvalue weighted by molar-refractivity contribution is 7.91. The number of nitrogens with one attached hydrogen (secondary N) is 1. The summed E-state index contributed by atoms with van der Waals surface area (Å²) in [5.41, 5.74) is 0. The minimum Gasteiger partial charge on any atom is -0.316 e. The molecule has 0 fully saturated rings. The van der Waals surface area contributed by atoms with Gasteiger partial charge in [0.15, 0.2) is 0 Å². The SMILES string of the molecule is C=CCCNCCCS(=O)(=O)CC. The molecule has 0 spiro atoms. The molecule has 0 amide bonds. The molecule has 0 aliphatic rings. The number of hydrogen-bond acceptors (Lipinski definition) is 3. The van der Waals surface area contributed by atoms with Crippen LogP contribution >= 0.6 is 0 Å². The maximum atomic E-state index is 11.0. The lowest BCUT2D eigenvalue weighted by atomic mass is 10.4. The average Bonchev–Trinajstić information content (AvgIpc) is 2.11. The summed E-state index contributed by atoms with van der Waals surface area (Å²) < 4.78 is 22.1. The molecule has 0 bridgehead atoms. The van der Waals surface area contributed by atoms with Crippen molar-refractivity contribution >= 4 is 9.84 Å². The largest absolute Gasteiger partial charge is 0.316 e. The molecule has 0 aliphatic heterocycles. The summed E-state index contributed by atoms with van der Waals surface area (Å²) in [5.74, 6) is 0.546. The zero-order chi connectivity index (χ0) is 10.2. The standard InChI is InChI=1S/C9H19NO2S/c1-3-5-7-10-8-6-9-13(11,12)4-2/h3,10H,1,4-9H2,2H3. The molecule has 0 aromatic carbocycles. The lowest BCUT2D eigenvalue weighted by Gasteiger charge is -2.02. The third-order valence-corrected chi connectivity index (χ3v) is 3.56. The molecule has 13 heavy (non-hydrogen) atoms. The summed E-state index contributed by atoms with van der Waals surface area (Å²) in [6.07, 6.45) is 3.48. The van der Waals surface area contributed by atoms with E-state index in [1.807, 2.05) is 6.08 Å². The molecule has 0 saturated heterocycles. The van der Waals surface area contributed by atoms with Gasteiger partial charge in [-0.1, -0.05) is 13.0 Å². The molecule has 0 atom stereocenters. The molecule has 0 radical (unpaired) electrons. The van der Waals surface area contributed by atoms with Crippen molar-refractivity contribution in [1.82, 2.24) is 5.32 Å². The van der Waals surface area contributed by atoms with E-state index in [1.165, 1.54) is 0 Å². The Morgan fingerprint density at radius 2 is 2.08 bits per heavy atom. The van der Waals surface area contributed by atoms with E-state index in [1.54, 1.807) is 6.92 Å². The molecule has 0 aromatic heterocycles. The summed E-state index contributed by atoms with van der Waals surface area (Å²) in [5, 5.41) is 3.15. The fourth-order valence-corrected chi connectivity index (χ4v) is 1.76. The van der Waals surface area contributed by atoms with Crippen molar-refractivity contribution in [3.8, 4) is 0 Å². The third-order valence-electron chi connectivity index (χ3n) is 1.77. The van der Waals surface area contributed by atoms with E-state index in [-0.39, 0.29) is 5.75 Å². The van der Waals surface area contributed by atoms with Gasteiger partial charge < -0.3 is 5.32 Å². The van der Waals surface area contributed by atoms with E-state index in [2.05, 4.69) is 11.9 Å². The van der Waals surface area contributed by atoms with Crippen LogP contribution in [0.2, 0.25) is 0 Å². The molecule has 0 aromatic rings. The first-order valence-corrected chi connectivity index (χ1v) is 6.46. The summed E-state index contributed by atoms with van der Waals surface area (Å²) in [6.45, 7) is 6.93. The Morgan fingerprint density at radius 1 is 1.38 bits per heavy atom. The van der Waals surface area contributed by atoms with E-state index in [4.69, 9.17) is 0 Å². The van der Waals surface area contributed by atoms with Crippen molar-refractivity contribution in [2.45, 2.75) is 19.8 Å². The predicted molar refractivity (Wildman–Crippen MR) is 56.6 cm³/mol. The fourth-order valence-electron chi connectivity index (χ4n) is 0.891. The van der Waals surface area contributed by atoms with Crippen LogP contribution < -0.4 is 5.32 Å². The zero-order valence-electron chi connectivity index (χ0n) is 8.25. The highest BCUT2D eigenvalue weighted by Crippen LogP contribution is 1.92. The van der Waals surface area contributed by atoms with Gasteiger partial charge in [-0.05, 0) is 25.9 Å². The van der Waals surface area contributed by atoms with Crippen LogP contribution in [0.3, 0.4) is 0 Å². The molecule has 0 heterocycles. The van der Waals surface area contributed by atoms with E-state index in [0.29, 0.717) is 12.2 Å². The first kappa shape index (κ1) is 12.7. The molecule has 78 valence electrons. The molecular weight excluding hydrogens is 186 g/mol. The summed E-state index contributed by atoms with van der Waals surface area (Å²) >= 11 is 0. The van der Waals surface area contributed by atoms with Crippen molar-refractivity contribution in [1.29, 1.82) is 0 Å². The summed E-state index contributed by atoms with van der Waals surface area (Å²) in [4.78, 5) is 0. The average molecular weight is 205 g/mol. The van der Waals surface area contributed by atoms with Gasteiger partial charge >= 0.3 is 0 Å². The fraction of sp³-hybridized carbons (Fsp3) is 0.778. The van der Waals surface area contributed by atoms with Gasteiger partial charge in [0.1, 0.15) is 9.84 Å². The minimum atomic E-state index is -2.77. The third kappa shape index (κ3) is 7.99. The maximum absolute atomic E-state index is 11.0. The first-order valence-electron chi connectivity index (χ1n) is 4.64. The molecule has 1 N–H and O–H groups in total. The van der Waals surface area contributed by atoms with E-state index in [9.17, 15) is 8.42 Å². The predicted octanol–water partition coefficient (Wildman–Crippen LogP) is 0.977. The quantitative estimate of drug-likeness (QED) is 0.474. The van der Waals surface area contributed by atoms with Gasteiger partial charge in [0.25, 0.3) is 0 Å². The molecule has 4 heteroatoms. The van der Waals surface area contributed by atoms with Gasteiger partial charge in [-0.25, -0.2) is 8.42 Å². The van der Waals surface area contributed by atoms with Crippen LogP contribution in [0.4, 0.5) is 0 Å². The van der Waals surface area contributed by atoms with Gasteiger partial charge in [0.2, 0.25) is 0 Å². The topological polar surface area (TPSA) is 46.2 Å². The van der Waals surface area contributed by atoms with Crippen LogP contribution in [0.5, 0.6) is 0 Å².